The predicted octanol–water partition coefficient (Wildman–Crippen LogP) is -3.71. The van der Waals surface area contributed by atoms with Gasteiger partial charge in [0, 0.05) is 13.2 Å². The highest BCUT2D eigenvalue weighted by molar-refractivity contribution is 5.82. The van der Waals surface area contributed by atoms with E-state index in [1.807, 2.05) is 0 Å². The smallest absolute Gasteiger partial charge is 0.252 e. The van der Waals surface area contributed by atoms with E-state index < -0.39 is 36.6 Å². The number of carbonyl (C=O) groups excluding carboxylic acids is 1. The molecule has 0 unspecified atom stereocenters. The summed E-state index contributed by atoms with van der Waals surface area (Å²) in [5.74, 6) is -3.06. The van der Waals surface area contributed by atoms with Gasteiger partial charge in [0.15, 0.2) is 6.10 Å². The van der Waals surface area contributed by atoms with Gasteiger partial charge in [-0.25, -0.2) is 0 Å². The molecule has 0 bridgehead atoms. The van der Waals surface area contributed by atoms with Crippen LogP contribution in [0.5, 0.6) is 0 Å². The highest BCUT2D eigenvalue weighted by atomic mass is 16.7. The molecule has 4 atom stereocenters. The molecule has 1 aliphatic rings. The minimum Gasteiger partial charge on any atom is -0.396 e. The van der Waals surface area contributed by atoms with Crippen molar-refractivity contribution in [1.82, 2.24) is 5.32 Å². The Hall–Kier alpha value is -0.770. The maximum absolute atomic E-state index is 11.5. The quantitative estimate of drug-likeness (QED) is 0.276. The fraction of sp³-hybridized carbons (Fsp3) is 0.889. The third-order valence-corrected chi connectivity index (χ3v) is 2.55. The van der Waals surface area contributed by atoms with Crippen molar-refractivity contribution in [2.45, 2.75) is 30.5 Å². The zero-order valence-electron chi connectivity index (χ0n) is 9.11. The first-order chi connectivity index (χ1) is 7.96. The molecule has 0 aromatic carbocycles. The van der Waals surface area contributed by atoms with E-state index in [0.717, 1.165) is 0 Å². The summed E-state index contributed by atoms with van der Waals surface area (Å²) in [4.78, 5) is 11.5. The van der Waals surface area contributed by atoms with E-state index in [-0.39, 0.29) is 13.2 Å². The zero-order chi connectivity index (χ0) is 13.1. The Morgan fingerprint density at radius 2 is 2.00 bits per heavy atom. The van der Waals surface area contributed by atoms with Crippen LogP contribution in [0.3, 0.4) is 0 Å². The molecule has 6 N–H and O–H groups in total. The Morgan fingerprint density at radius 1 is 1.35 bits per heavy atom. The van der Waals surface area contributed by atoms with E-state index in [1.54, 1.807) is 0 Å². The Labute approximate surface area is 97.4 Å². The predicted molar refractivity (Wildman–Crippen MR) is 53.6 cm³/mol. The highest BCUT2D eigenvalue weighted by Crippen LogP contribution is 2.28. The molecule has 0 saturated carbocycles. The summed E-state index contributed by atoms with van der Waals surface area (Å²) in [6, 6.07) is 0. The van der Waals surface area contributed by atoms with E-state index >= 15 is 0 Å². The summed E-state index contributed by atoms with van der Waals surface area (Å²) in [5.41, 5.74) is 0. The van der Waals surface area contributed by atoms with Gasteiger partial charge in [0.25, 0.3) is 5.91 Å². The largest absolute Gasteiger partial charge is 0.396 e. The van der Waals surface area contributed by atoms with Crippen molar-refractivity contribution < 1.29 is 35.1 Å². The van der Waals surface area contributed by atoms with Crippen molar-refractivity contribution in [2.75, 3.05) is 19.8 Å². The van der Waals surface area contributed by atoms with Crippen molar-refractivity contribution >= 4 is 5.91 Å². The van der Waals surface area contributed by atoms with E-state index in [2.05, 4.69) is 5.32 Å². The molecule has 1 rings (SSSR count). The van der Waals surface area contributed by atoms with Crippen LogP contribution in [-0.4, -0.2) is 75.3 Å². The molecule has 0 aromatic heterocycles. The molecule has 0 radical (unpaired) electrons. The van der Waals surface area contributed by atoms with Gasteiger partial charge in [0.05, 0.1) is 6.61 Å². The van der Waals surface area contributed by atoms with Gasteiger partial charge in [0.1, 0.15) is 12.2 Å². The molecule has 1 heterocycles. The van der Waals surface area contributed by atoms with Gasteiger partial charge >= 0.3 is 0 Å². The normalized spacial score (nSPS) is 37.1. The molecule has 0 aliphatic carbocycles. The number of amides is 1. The van der Waals surface area contributed by atoms with E-state index in [0.29, 0.717) is 6.42 Å². The minimum atomic E-state index is -2.33. The van der Waals surface area contributed by atoms with E-state index in [1.165, 1.54) is 0 Å². The van der Waals surface area contributed by atoms with Crippen LogP contribution < -0.4 is 5.32 Å². The van der Waals surface area contributed by atoms with Gasteiger partial charge in [-0.1, -0.05) is 0 Å². The maximum atomic E-state index is 11.5. The van der Waals surface area contributed by atoms with Crippen LogP contribution in [0.2, 0.25) is 0 Å². The SMILES string of the molecule is O=C(NCCCO)[C@H]1O[C@](O)(CO)[C@@H](O)[C@@H]1O. The van der Waals surface area contributed by atoms with Crippen molar-refractivity contribution in [1.29, 1.82) is 0 Å². The van der Waals surface area contributed by atoms with Crippen LogP contribution in [0.4, 0.5) is 0 Å². The molecule has 0 aromatic rings. The van der Waals surface area contributed by atoms with Gasteiger partial charge in [0.2, 0.25) is 5.79 Å². The number of hydrogen-bond donors (Lipinski definition) is 6. The monoisotopic (exact) mass is 251 g/mol. The van der Waals surface area contributed by atoms with Crippen LogP contribution in [0, 0.1) is 0 Å². The fourth-order valence-electron chi connectivity index (χ4n) is 1.52. The van der Waals surface area contributed by atoms with Crippen molar-refractivity contribution in [2.24, 2.45) is 0 Å². The molecular formula is C9H17NO7. The lowest BCUT2D eigenvalue weighted by Crippen LogP contribution is -2.46. The molecule has 1 saturated heterocycles. The van der Waals surface area contributed by atoms with Crippen LogP contribution in [0.15, 0.2) is 0 Å². The maximum Gasteiger partial charge on any atom is 0.252 e. The molecule has 8 nitrogen and oxygen atoms in total. The summed E-state index contributed by atoms with van der Waals surface area (Å²) in [5, 5.41) is 48.1. The lowest BCUT2D eigenvalue weighted by atomic mass is 10.1. The number of aliphatic hydroxyl groups excluding tert-OH is 4. The Balaban J connectivity index is 2.58. The van der Waals surface area contributed by atoms with E-state index in [9.17, 15) is 20.1 Å². The number of aliphatic hydroxyl groups is 5. The summed E-state index contributed by atoms with van der Waals surface area (Å²) < 4.78 is 4.75. The van der Waals surface area contributed by atoms with Crippen molar-refractivity contribution in [3.63, 3.8) is 0 Å². The van der Waals surface area contributed by atoms with Gasteiger partial charge < -0.3 is 35.6 Å². The first-order valence-electron chi connectivity index (χ1n) is 5.22. The third kappa shape index (κ3) is 2.92. The molecule has 17 heavy (non-hydrogen) atoms. The van der Waals surface area contributed by atoms with Crippen molar-refractivity contribution in [3.8, 4) is 0 Å². The molecule has 1 aliphatic heterocycles. The Bertz CT molecular complexity index is 274. The van der Waals surface area contributed by atoms with Crippen LogP contribution in [-0.2, 0) is 9.53 Å². The molecule has 0 spiro atoms. The molecule has 1 fully saturated rings. The summed E-state index contributed by atoms with van der Waals surface area (Å²) in [6.45, 7) is -0.862. The second-order valence-corrected chi connectivity index (χ2v) is 3.84. The van der Waals surface area contributed by atoms with Crippen LogP contribution >= 0.6 is 0 Å². The average Bonchev–Trinajstić information content (AvgIpc) is 2.55. The second-order valence-electron chi connectivity index (χ2n) is 3.84. The van der Waals surface area contributed by atoms with Crippen LogP contribution in [0.1, 0.15) is 6.42 Å². The molecule has 100 valence electrons. The summed E-state index contributed by atoms with van der Waals surface area (Å²) in [7, 11) is 0. The number of ether oxygens (including phenoxy) is 1. The lowest BCUT2D eigenvalue weighted by molar-refractivity contribution is -0.244. The highest BCUT2D eigenvalue weighted by Gasteiger charge is 2.55. The number of carbonyl (C=O) groups is 1. The molecular weight excluding hydrogens is 234 g/mol. The summed E-state index contributed by atoms with van der Waals surface area (Å²) >= 11 is 0. The Kier molecular flexibility index (Phi) is 4.80. The first kappa shape index (κ1) is 14.3. The molecule has 1 amide bonds. The second kappa shape index (κ2) is 5.71. The Morgan fingerprint density at radius 3 is 2.47 bits per heavy atom. The topological polar surface area (TPSA) is 139 Å². The molecule has 8 heteroatoms. The van der Waals surface area contributed by atoms with Crippen LogP contribution in [0.25, 0.3) is 0 Å². The van der Waals surface area contributed by atoms with E-state index in [4.69, 9.17) is 14.9 Å². The standard InChI is InChI=1S/C9H17NO7/c11-3-1-2-10-8(15)6-5(13)7(14)9(16,4-12)17-6/h5-7,11-14,16H,1-4H2,(H,10,15)/t5-,6+,7+,9-/m1/s1. The van der Waals surface area contributed by atoms with Gasteiger partial charge in [-0.05, 0) is 6.42 Å². The number of hydrogen-bond acceptors (Lipinski definition) is 7. The number of rotatable bonds is 5. The lowest BCUT2D eigenvalue weighted by Gasteiger charge is -2.22. The zero-order valence-corrected chi connectivity index (χ0v) is 9.11. The van der Waals surface area contributed by atoms with Gasteiger partial charge in [-0.15, -0.1) is 0 Å². The minimum absolute atomic E-state index is 0.0996. The van der Waals surface area contributed by atoms with Gasteiger partial charge in [-0.3, -0.25) is 4.79 Å². The van der Waals surface area contributed by atoms with Gasteiger partial charge in [-0.2, -0.15) is 0 Å². The summed E-state index contributed by atoms with van der Waals surface area (Å²) in [6.07, 6.45) is -4.51. The number of nitrogens with one attached hydrogen (secondary N) is 1. The first-order valence-corrected chi connectivity index (χ1v) is 5.22. The average molecular weight is 251 g/mol. The fourth-order valence-corrected chi connectivity index (χ4v) is 1.52. The third-order valence-electron chi connectivity index (χ3n) is 2.55. The van der Waals surface area contributed by atoms with Crippen molar-refractivity contribution in [3.05, 3.63) is 0 Å².